The van der Waals surface area contributed by atoms with Crippen molar-refractivity contribution in [3.05, 3.63) is 78.5 Å². The number of ether oxygens (including phenoxy) is 1. The second kappa shape index (κ2) is 8.21. The zero-order valence-corrected chi connectivity index (χ0v) is 15.0. The van der Waals surface area contributed by atoms with Gasteiger partial charge in [0.05, 0.1) is 18.0 Å². The van der Waals surface area contributed by atoms with Crippen molar-refractivity contribution < 1.29 is 9.53 Å². The number of rotatable bonds is 6. The Kier molecular flexibility index (Phi) is 5.54. The predicted molar refractivity (Wildman–Crippen MR) is 106 cm³/mol. The third-order valence-electron chi connectivity index (χ3n) is 3.92. The Morgan fingerprint density at radius 2 is 1.65 bits per heavy atom. The minimum atomic E-state index is -0.349. The second-order valence-electron chi connectivity index (χ2n) is 5.91. The molecule has 4 heteroatoms. The van der Waals surface area contributed by atoms with E-state index in [1.165, 1.54) is 6.08 Å². The monoisotopic (exact) mass is 346 g/mol. The molecule has 0 aliphatic heterocycles. The summed E-state index contributed by atoms with van der Waals surface area (Å²) in [6, 6.07) is 22.3. The number of hydrogen-bond donors (Lipinski definition) is 2. The standard InChI is InChI=1S/C22H22N2O2/c1-3-26-21(25)14-16(2)23-20-15-19(17-10-6-4-7-11-17)24-22(20)18-12-8-5-9-13-18/h4-15,23-24H,3H2,1-2H3/b16-14+. The molecule has 2 N–H and O–H groups in total. The van der Waals surface area contributed by atoms with Crippen LogP contribution in [0.2, 0.25) is 0 Å². The summed E-state index contributed by atoms with van der Waals surface area (Å²) in [4.78, 5) is 15.2. The molecule has 0 amide bonds. The van der Waals surface area contributed by atoms with E-state index in [1.807, 2.05) is 43.3 Å². The lowest BCUT2D eigenvalue weighted by Crippen LogP contribution is -2.04. The van der Waals surface area contributed by atoms with Crippen LogP contribution in [0, 0.1) is 0 Å². The summed E-state index contributed by atoms with van der Waals surface area (Å²) in [6.07, 6.45) is 1.47. The Labute approximate surface area is 153 Å². The Morgan fingerprint density at radius 3 is 2.27 bits per heavy atom. The van der Waals surface area contributed by atoms with Crippen LogP contribution in [-0.4, -0.2) is 17.6 Å². The molecular weight excluding hydrogens is 324 g/mol. The molecule has 0 aliphatic carbocycles. The first-order chi connectivity index (χ1) is 12.7. The van der Waals surface area contributed by atoms with E-state index in [-0.39, 0.29) is 5.97 Å². The van der Waals surface area contributed by atoms with Crippen LogP contribution in [-0.2, 0) is 9.53 Å². The van der Waals surface area contributed by atoms with Gasteiger partial charge in [-0.05, 0) is 25.5 Å². The normalized spacial score (nSPS) is 11.2. The van der Waals surface area contributed by atoms with Crippen molar-refractivity contribution in [1.82, 2.24) is 4.98 Å². The van der Waals surface area contributed by atoms with Crippen LogP contribution in [0.4, 0.5) is 5.69 Å². The van der Waals surface area contributed by atoms with Crippen LogP contribution < -0.4 is 5.32 Å². The molecule has 0 spiro atoms. The van der Waals surface area contributed by atoms with E-state index in [4.69, 9.17) is 4.74 Å². The minimum Gasteiger partial charge on any atom is -0.463 e. The van der Waals surface area contributed by atoms with Gasteiger partial charge in [-0.1, -0.05) is 60.7 Å². The van der Waals surface area contributed by atoms with Gasteiger partial charge >= 0.3 is 5.97 Å². The van der Waals surface area contributed by atoms with Gasteiger partial charge in [0.15, 0.2) is 0 Å². The van der Waals surface area contributed by atoms with Crippen LogP contribution in [0.1, 0.15) is 13.8 Å². The number of H-pyrrole nitrogens is 1. The highest BCUT2D eigenvalue weighted by Crippen LogP contribution is 2.33. The zero-order valence-electron chi connectivity index (χ0n) is 15.0. The Balaban J connectivity index is 1.97. The smallest absolute Gasteiger partial charge is 0.332 e. The third-order valence-corrected chi connectivity index (χ3v) is 3.92. The molecule has 0 atom stereocenters. The Morgan fingerprint density at radius 1 is 1.04 bits per heavy atom. The fourth-order valence-electron chi connectivity index (χ4n) is 2.77. The Hall–Kier alpha value is -3.27. The molecule has 0 fully saturated rings. The molecule has 0 radical (unpaired) electrons. The number of benzene rings is 2. The summed E-state index contributed by atoms with van der Waals surface area (Å²) in [5, 5.41) is 3.32. The molecule has 26 heavy (non-hydrogen) atoms. The number of nitrogens with one attached hydrogen (secondary N) is 2. The molecule has 0 aliphatic rings. The van der Waals surface area contributed by atoms with E-state index in [0.717, 1.165) is 33.9 Å². The predicted octanol–water partition coefficient (Wildman–Crippen LogP) is 5.23. The number of esters is 1. The first kappa shape index (κ1) is 17.5. The topological polar surface area (TPSA) is 54.1 Å². The molecule has 0 bridgehead atoms. The highest BCUT2D eigenvalue weighted by atomic mass is 16.5. The second-order valence-corrected chi connectivity index (χ2v) is 5.91. The van der Waals surface area contributed by atoms with Crippen molar-refractivity contribution in [3.8, 4) is 22.5 Å². The van der Waals surface area contributed by atoms with Gasteiger partial charge < -0.3 is 15.0 Å². The maximum absolute atomic E-state index is 11.7. The fourth-order valence-corrected chi connectivity index (χ4v) is 2.77. The van der Waals surface area contributed by atoms with Crippen LogP contribution in [0.15, 0.2) is 78.5 Å². The zero-order chi connectivity index (χ0) is 18.4. The van der Waals surface area contributed by atoms with E-state index < -0.39 is 0 Å². The van der Waals surface area contributed by atoms with Gasteiger partial charge in [-0.25, -0.2) is 4.79 Å². The molecule has 0 saturated heterocycles. The maximum Gasteiger partial charge on any atom is 0.332 e. The van der Waals surface area contributed by atoms with Crippen molar-refractivity contribution in [2.45, 2.75) is 13.8 Å². The SMILES string of the molecule is CCOC(=O)/C=C(\C)Nc1cc(-c2ccccc2)[nH]c1-c1ccccc1. The van der Waals surface area contributed by atoms with E-state index in [0.29, 0.717) is 6.61 Å². The molecular formula is C22H22N2O2. The van der Waals surface area contributed by atoms with Crippen LogP contribution in [0.3, 0.4) is 0 Å². The van der Waals surface area contributed by atoms with E-state index >= 15 is 0 Å². The van der Waals surface area contributed by atoms with Crippen LogP contribution in [0.5, 0.6) is 0 Å². The van der Waals surface area contributed by atoms with Gasteiger partial charge in [-0.2, -0.15) is 0 Å². The summed E-state index contributed by atoms with van der Waals surface area (Å²) in [7, 11) is 0. The minimum absolute atomic E-state index is 0.349. The Bertz CT molecular complexity index is 896. The van der Waals surface area contributed by atoms with E-state index in [9.17, 15) is 4.79 Å². The highest BCUT2D eigenvalue weighted by Gasteiger charge is 2.12. The first-order valence-electron chi connectivity index (χ1n) is 8.63. The number of allylic oxidation sites excluding steroid dienone is 1. The summed E-state index contributed by atoms with van der Waals surface area (Å²) in [6.45, 7) is 4.00. The molecule has 0 saturated carbocycles. The van der Waals surface area contributed by atoms with Crippen molar-refractivity contribution in [3.63, 3.8) is 0 Å². The number of hydrogen-bond acceptors (Lipinski definition) is 3. The molecule has 132 valence electrons. The van der Waals surface area contributed by atoms with Gasteiger partial charge in [0, 0.05) is 23.0 Å². The van der Waals surface area contributed by atoms with Crippen molar-refractivity contribution in [2.75, 3.05) is 11.9 Å². The number of aromatic amines is 1. The fraction of sp³-hybridized carbons (Fsp3) is 0.136. The molecule has 1 aromatic heterocycles. The molecule has 1 heterocycles. The van der Waals surface area contributed by atoms with Gasteiger partial charge in [0.25, 0.3) is 0 Å². The molecule has 2 aromatic carbocycles. The average molecular weight is 346 g/mol. The quantitative estimate of drug-likeness (QED) is 0.475. The first-order valence-corrected chi connectivity index (χ1v) is 8.63. The molecule has 0 unspecified atom stereocenters. The summed E-state index contributed by atoms with van der Waals surface area (Å²) >= 11 is 0. The van der Waals surface area contributed by atoms with Crippen molar-refractivity contribution in [1.29, 1.82) is 0 Å². The molecule has 3 aromatic rings. The average Bonchev–Trinajstić information content (AvgIpc) is 3.07. The largest absolute Gasteiger partial charge is 0.463 e. The number of aromatic nitrogens is 1. The molecule has 4 nitrogen and oxygen atoms in total. The van der Waals surface area contributed by atoms with Crippen molar-refractivity contribution in [2.24, 2.45) is 0 Å². The summed E-state index contributed by atoms with van der Waals surface area (Å²) < 4.78 is 4.98. The van der Waals surface area contributed by atoms with Crippen molar-refractivity contribution >= 4 is 11.7 Å². The molecule has 3 rings (SSSR count). The third kappa shape index (κ3) is 4.22. The summed E-state index contributed by atoms with van der Waals surface area (Å²) in [5.74, 6) is -0.349. The highest BCUT2D eigenvalue weighted by molar-refractivity contribution is 5.85. The maximum atomic E-state index is 11.7. The van der Waals surface area contributed by atoms with Gasteiger partial charge in [0.1, 0.15) is 0 Å². The van der Waals surface area contributed by atoms with E-state index in [1.54, 1.807) is 6.92 Å². The van der Waals surface area contributed by atoms with Gasteiger partial charge in [-0.3, -0.25) is 0 Å². The number of anilines is 1. The van der Waals surface area contributed by atoms with E-state index in [2.05, 4.69) is 40.6 Å². The lowest BCUT2D eigenvalue weighted by Gasteiger charge is -2.08. The van der Waals surface area contributed by atoms with Gasteiger partial charge in [0.2, 0.25) is 0 Å². The lowest BCUT2D eigenvalue weighted by atomic mass is 10.1. The van der Waals surface area contributed by atoms with Crippen LogP contribution in [0.25, 0.3) is 22.5 Å². The lowest BCUT2D eigenvalue weighted by molar-refractivity contribution is -0.137. The number of carbonyl (C=O) groups excluding carboxylic acids is 1. The number of carbonyl (C=O) groups is 1. The van der Waals surface area contributed by atoms with Gasteiger partial charge in [-0.15, -0.1) is 0 Å². The van der Waals surface area contributed by atoms with Crippen LogP contribution >= 0.6 is 0 Å². The summed E-state index contributed by atoms with van der Waals surface area (Å²) in [5.41, 5.74) is 5.79.